The Labute approximate surface area is 128 Å². The van der Waals surface area contributed by atoms with Crippen LogP contribution in [0.5, 0.6) is 0 Å². The number of halogens is 1. The summed E-state index contributed by atoms with van der Waals surface area (Å²) < 4.78 is 0. The Hall–Kier alpha value is -0.870. The molecule has 1 aliphatic rings. The Balaban J connectivity index is 2.00. The first-order chi connectivity index (χ1) is 9.54. The van der Waals surface area contributed by atoms with Crippen molar-refractivity contribution in [2.45, 2.75) is 40.0 Å². The highest BCUT2D eigenvalue weighted by Crippen LogP contribution is 2.40. The zero-order chi connectivity index (χ0) is 14.3. The van der Waals surface area contributed by atoms with Crippen LogP contribution in [0.1, 0.15) is 37.6 Å². The summed E-state index contributed by atoms with van der Waals surface area (Å²) in [7, 11) is 0. The topological polar surface area (TPSA) is 37.8 Å². The monoisotopic (exact) mass is 309 g/mol. The van der Waals surface area contributed by atoms with Gasteiger partial charge >= 0.3 is 0 Å². The molecule has 1 aliphatic carbocycles. The van der Waals surface area contributed by atoms with E-state index in [4.69, 9.17) is 11.6 Å². The van der Waals surface area contributed by atoms with Crippen molar-refractivity contribution in [3.05, 3.63) is 15.6 Å². The Morgan fingerprint density at radius 2 is 2.20 bits per heavy atom. The molecule has 0 aromatic carbocycles. The first-order valence-corrected chi connectivity index (χ1v) is 8.45. The zero-order valence-electron chi connectivity index (χ0n) is 12.2. The van der Waals surface area contributed by atoms with Crippen LogP contribution in [0.15, 0.2) is 0 Å². The number of nitrogens with one attached hydrogen (secondary N) is 1. The number of nitrogens with zero attached hydrogens (tertiary/aromatic N) is 2. The molecule has 3 nitrogen and oxygen atoms in total. The van der Waals surface area contributed by atoms with Gasteiger partial charge in [0.2, 0.25) is 5.95 Å². The van der Waals surface area contributed by atoms with E-state index in [1.54, 1.807) is 11.3 Å². The van der Waals surface area contributed by atoms with Crippen molar-refractivity contribution in [2.24, 2.45) is 11.8 Å². The summed E-state index contributed by atoms with van der Waals surface area (Å²) in [5.41, 5.74) is 1.39. The van der Waals surface area contributed by atoms with Gasteiger partial charge in [-0.3, -0.25) is 0 Å². The molecule has 0 aliphatic heterocycles. The van der Waals surface area contributed by atoms with Crippen LogP contribution in [0.2, 0.25) is 5.15 Å². The second-order valence-corrected chi connectivity index (χ2v) is 7.59. The Kier molecular flexibility index (Phi) is 3.87. The number of anilines is 1. The van der Waals surface area contributed by atoms with Gasteiger partial charge in [-0.1, -0.05) is 32.4 Å². The number of thiophene rings is 1. The molecule has 2 aromatic rings. The van der Waals surface area contributed by atoms with E-state index in [0.717, 1.165) is 35.5 Å². The lowest BCUT2D eigenvalue weighted by Crippen LogP contribution is -2.11. The molecule has 0 radical (unpaired) electrons. The molecule has 1 N–H and O–H groups in total. The third-order valence-electron chi connectivity index (χ3n) is 3.78. The van der Waals surface area contributed by atoms with Crippen molar-refractivity contribution < 1.29 is 0 Å². The normalized spacial score (nSPS) is 18.6. The van der Waals surface area contributed by atoms with E-state index in [1.807, 2.05) is 0 Å². The van der Waals surface area contributed by atoms with Gasteiger partial charge in [-0.25, -0.2) is 9.97 Å². The van der Waals surface area contributed by atoms with Gasteiger partial charge in [0.15, 0.2) is 0 Å². The molecule has 108 valence electrons. The van der Waals surface area contributed by atoms with Crippen LogP contribution in [0, 0.1) is 11.8 Å². The van der Waals surface area contributed by atoms with Gasteiger partial charge in [0.05, 0.1) is 5.39 Å². The van der Waals surface area contributed by atoms with Gasteiger partial charge in [-0.2, -0.15) is 0 Å². The number of hydrogen-bond donors (Lipinski definition) is 1. The maximum Gasteiger partial charge on any atom is 0.225 e. The van der Waals surface area contributed by atoms with E-state index in [0.29, 0.717) is 17.0 Å². The molecular formula is C15H20ClN3S. The van der Waals surface area contributed by atoms with E-state index in [2.05, 4.69) is 36.1 Å². The second kappa shape index (κ2) is 5.49. The standard InChI is InChI=1S/C15H20ClN3S/c1-8(2)7-17-15-18-13(16)12-10-5-4-9(3)6-11(10)20-14(12)19-15/h8-9H,4-7H2,1-3H3,(H,17,18,19). The molecule has 0 amide bonds. The van der Waals surface area contributed by atoms with E-state index in [-0.39, 0.29) is 0 Å². The molecule has 0 saturated heterocycles. The predicted molar refractivity (Wildman–Crippen MR) is 86.9 cm³/mol. The molecule has 1 atom stereocenters. The fourth-order valence-corrected chi connectivity index (χ4v) is 4.39. The molecule has 1 unspecified atom stereocenters. The predicted octanol–water partition coefficient (Wildman–Crippen LogP) is 4.54. The van der Waals surface area contributed by atoms with E-state index in [9.17, 15) is 0 Å². The quantitative estimate of drug-likeness (QED) is 0.846. The van der Waals surface area contributed by atoms with Gasteiger partial charge in [0, 0.05) is 11.4 Å². The van der Waals surface area contributed by atoms with Crippen LogP contribution >= 0.6 is 22.9 Å². The van der Waals surface area contributed by atoms with Crippen molar-refractivity contribution in [1.82, 2.24) is 9.97 Å². The summed E-state index contributed by atoms with van der Waals surface area (Å²) in [6, 6.07) is 0. The van der Waals surface area contributed by atoms with Gasteiger partial charge in [-0.15, -0.1) is 11.3 Å². The van der Waals surface area contributed by atoms with Gasteiger partial charge < -0.3 is 5.32 Å². The van der Waals surface area contributed by atoms with Crippen LogP contribution in [0.4, 0.5) is 5.95 Å². The lowest BCUT2D eigenvalue weighted by Gasteiger charge is -2.17. The maximum atomic E-state index is 6.41. The molecule has 20 heavy (non-hydrogen) atoms. The third-order valence-corrected chi connectivity index (χ3v) is 5.20. The Bertz CT molecular complexity index is 636. The largest absolute Gasteiger partial charge is 0.354 e. The molecule has 5 heteroatoms. The van der Waals surface area contributed by atoms with E-state index in [1.165, 1.54) is 16.9 Å². The number of rotatable bonds is 3. The zero-order valence-corrected chi connectivity index (χ0v) is 13.7. The average molecular weight is 310 g/mol. The highest BCUT2D eigenvalue weighted by Gasteiger charge is 2.23. The van der Waals surface area contributed by atoms with Crippen molar-refractivity contribution in [3.8, 4) is 0 Å². The molecule has 0 saturated carbocycles. The third kappa shape index (κ3) is 2.63. The average Bonchev–Trinajstić information content (AvgIpc) is 2.73. The maximum absolute atomic E-state index is 6.41. The van der Waals surface area contributed by atoms with Gasteiger partial charge in [-0.05, 0) is 36.7 Å². The molecule has 0 fully saturated rings. The minimum absolute atomic E-state index is 0.561. The number of hydrogen-bond acceptors (Lipinski definition) is 4. The highest BCUT2D eigenvalue weighted by atomic mass is 35.5. The molecule has 0 spiro atoms. The molecular weight excluding hydrogens is 290 g/mol. The Morgan fingerprint density at radius 3 is 2.95 bits per heavy atom. The van der Waals surface area contributed by atoms with Crippen LogP contribution < -0.4 is 5.32 Å². The lowest BCUT2D eigenvalue weighted by molar-refractivity contribution is 0.509. The first kappa shape index (κ1) is 14.1. The fraction of sp³-hybridized carbons (Fsp3) is 0.600. The Morgan fingerprint density at radius 1 is 1.40 bits per heavy atom. The summed E-state index contributed by atoms with van der Waals surface area (Å²) >= 11 is 8.20. The van der Waals surface area contributed by atoms with Crippen molar-refractivity contribution in [3.63, 3.8) is 0 Å². The SMILES string of the molecule is CC(C)CNc1nc(Cl)c2c3c(sc2n1)CC(C)CC3. The lowest BCUT2D eigenvalue weighted by atomic mass is 9.89. The first-order valence-electron chi connectivity index (χ1n) is 7.26. The minimum atomic E-state index is 0.561. The summed E-state index contributed by atoms with van der Waals surface area (Å²) in [6.45, 7) is 7.51. The fourth-order valence-electron chi connectivity index (χ4n) is 2.67. The number of aryl methyl sites for hydroxylation is 1. The summed E-state index contributed by atoms with van der Waals surface area (Å²) in [6.07, 6.45) is 3.50. The molecule has 0 bridgehead atoms. The molecule has 2 heterocycles. The van der Waals surface area contributed by atoms with Crippen LogP contribution in [0.3, 0.4) is 0 Å². The van der Waals surface area contributed by atoms with Gasteiger partial charge in [0.1, 0.15) is 9.98 Å². The van der Waals surface area contributed by atoms with Gasteiger partial charge in [0.25, 0.3) is 0 Å². The van der Waals surface area contributed by atoms with Crippen LogP contribution in [-0.2, 0) is 12.8 Å². The second-order valence-electron chi connectivity index (χ2n) is 6.14. The minimum Gasteiger partial charge on any atom is -0.354 e. The van der Waals surface area contributed by atoms with E-state index < -0.39 is 0 Å². The highest BCUT2D eigenvalue weighted by molar-refractivity contribution is 7.19. The van der Waals surface area contributed by atoms with Crippen molar-refractivity contribution >= 4 is 39.1 Å². The molecule has 3 rings (SSSR count). The number of aromatic nitrogens is 2. The van der Waals surface area contributed by atoms with E-state index >= 15 is 0 Å². The smallest absolute Gasteiger partial charge is 0.225 e. The summed E-state index contributed by atoms with van der Waals surface area (Å²) in [5, 5.41) is 4.96. The number of fused-ring (bicyclic) bond motifs is 3. The van der Waals surface area contributed by atoms with Crippen molar-refractivity contribution in [1.29, 1.82) is 0 Å². The van der Waals surface area contributed by atoms with Crippen molar-refractivity contribution in [2.75, 3.05) is 11.9 Å². The van der Waals surface area contributed by atoms with Crippen LogP contribution in [0.25, 0.3) is 10.2 Å². The summed E-state index contributed by atoms with van der Waals surface area (Å²) in [5.74, 6) is 1.98. The van der Waals surface area contributed by atoms with Crippen LogP contribution in [-0.4, -0.2) is 16.5 Å². The molecule has 2 aromatic heterocycles. The summed E-state index contributed by atoms with van der Waals surface area (Å²) in [4.78, 5) is 11.6.